The number of nitrogens with zero attached hydrogens (tertiary/aromatic N) is 2. The molecule has 0 aliphatic carbocycles. The first-order chi connectivity index (χ1) is 15.2. The number of rotatable bonds is 4. The van der Waals surface area contributed by atoms with Gasteiger partial charge in [-0.05, 0) is 59.9 Å². The first-order valence-corrected chi connectivity index (χ1v) is 10.4. The van der Waals surface area contributed by atoms with E-state index in [0.717, 1.165) is 29.5 Å². The molecule has 1 amide bonds. The van der Waals surface area contributed by atoms with Crippen LogP contribution in [-0.2, 0) is 4.79 Å². The van der Waals surface area contributed by atoms with Gasteiger partial charge in [0.05, 0.1) is 0 Å². The molecular formula is C26H21FN2O2. The summed E-state index contributed by atoms with van der Waals surface area (Å²) in [5.41, 5.74) is 4.01. The second-order valence-corrected chi connectivity index (χ2v) is 7.68. The molecule has 0 N–H and O–H groups in total. The van der Waals surface area contributed by atoms with Crippen LogP contribution in [0.2, 0.25) is 0 Å². The standard InChI is InChI=1S/C26H21FN2O2/c27-21-9-4-8-19(16-21)20-12-13-24-22(17-20)28-26(31-24)23-10-5-15-29(23)25(30)14-11-18-6-2-1-3-7-18/h1-4,6-9,11-14,16-17,23H,5,10,15H2/b14-11+. The van der Waals surface area contributed by atoms with Crippen LogP contribution in [0.3, 0.4) is 0 Å². The van der Waals surface area contributed by atoms with Gasteiger partial charge in [-0.15, -0.1) is 0 Å². The van der Waals surface area contributed by atoms with Crippen LogP contribution in [0.15, 0.2) is 83.3 Å². The molecule has 1 aliphatic heterocycles. The molecule has 1 aliphatic rings. The highest BCUT2D eigenvalue weighted by atomic mass is 19.1. The van der Waals surface area contributed by atoms with Gasteiger partial charge < -0.3 is 9.32 Å². The number of likely N-dealkylation sites (tertiary alicyclic amines) is 1. The van der Waals surface area contributed by atoms with Crippen LogP contribution in [0.5, 0.6) is 0 Å². The molecule has 0 spiro atoms. The third-order valence-corrected chi connectivity index (χ3v) is 5.60. The second-order valence-electron chi connectivity index (χ2n) is 7.68. The minimum Gasteiger partial charge on any atom is -0.438 e. The average molecular weight is 412 g/mol. The SMILES string of the molecule is O=C(/C=C/c1ccccc1)N1CCCC1c1nc2cc(-c3cccc(F)c3)ccc2o1. The first kappa shape index (κ1) is 19.2. The number of benzene rings is 3. The van der Waals surface area contributed by atoms with E-state index in [1.165, 1.54) is 12.1 Å². The summed E-state index contributed by atoms with van der Waals surface area (Å²) in [5, 5.41) is 0. The lowest BCUT2D eigenvalue weighted by molar-refractivity contribution is -0.127. The number of amides is 1. The van der Waals surface area contributed by atoms with E-state index >= 15 is 0 Å². The van der Waals surface area contributed by atoms with E-state index in [0.29, 0.717) is 23.5 Å². The Bertz CT molecular complexity index is 1260. The molecule has 154 valence electrons. The number of oxazole rings is 1. The molecule has 2 heterocycles. The highest BCUT2D eigenvalue weighted by molar-refractivity contribution is 5.92. The van der Waals surface area contributed by atoms with Gasteiger partial charge in [-0.3, -0.25) is 4.79 Å². The Morgan fingerprint density at radius 1 is 1.03 bits per heavy atom. The number of fused-ring (bicyclic) bond motifs is 1. The topological polar surface area (TPSA) is 46.3 Å². The highest BCUT2D eigenvalue weighted by Crippen LogP contribution is 2.34. The summed E-state index contributed by atoms with van der Waals surface area (Å²) >= 11 is 0. The van der Waals surface area contributed by atoms with Crippen molar-refractivity contribution in [2.75, 3.05) is 6.54 Å². The molecular weight excluding hydrogens is 391 g/mol. The van der Waals surface area contributed by atoms with Gasteiger partial charge in [0, 0.05) is 12.6 Å². The summed E-state index contributed by atoms with van der Waals surface area (Å²) in [7, 11) is 0. The maximum atomic E-state index is 13.6. The molecule has 4 nitrogen and oxygen atoms in total. The van der Waals surface area contributed by atoms with Gasteiger partial charge in [-0.1, -0.05) is 48.5 Å². The highest BCUT2D eigenvalue weighted by Gasteiger charge is 2.32. The monoisotopic (exact) mass is 412 g/mol. The fraction of sp³-hybridized carbons (Fsp3) is 0.154. The number of carbonyl (C=O) groups excluding carboxylic acids is 1. The van der Waals surface area contributed by atoms with E-state index < -0.39 is 0 Å². The Kier molecular flexibility index (Phi) is 5.08. The van der Waals surface area contributed by atoms with Gasteiger partial charge in [0.15, 0.2) is 5.58 Å². The lowest BCUT2D eigenvalue weighted by Crippen LogP contribution is -2.29. The van der Waals surface area contributed by atoms with Crippen molar-refractivity contribution in [3.05, 3.63) is 96.1 Å². The van der Waals surface area contributed by atoms with Crippen molar-refractivity contribution in [3.63, 3.8) is 0 Å². The Balaban J connectivity index is 1.40. The number of hydrogen-bond acceptors (Lipinski definition) is 3. The Morgan fingerprint density at radius 2 is 1.87 bits per heavy atom. The van der Waals surface area contributed by atoms with Gasteiger partial charge in [0.2, 0.25) is 11.8 Å². The third kappa shape index (κ3) is 3.99. The quantitative estimate of drug-likeness (QED) is 0.386. The predicted molar refractivity (Wildman–Crippen MR) is 119 cm³/mol. The molecule has 4 aromatic rings. The molecule has 1 fully saturated rings. The third-order valence-electron chi connectivity index (χ3n) is 5.60. The number of aromatic nitrogens is 1. The zero-order valence-corrected chi connectivity index (χ0v) is 16.9. The van der Waals surface area contributed by atoms with Crippen LogP contribution in [0.1, 0.15) is 30.3 Å². The van der Waals surface area contributed by atoms with Crippen LogP contribution in [0, 0.1) is 5.82 Å². The summed E-state index contributed by atoms with van der Waals surface area (Å²) in [6.45, 7) is 0.676. The minimum atomic E-state index is -0.276. The van der Waals surface area contributed by atoms with E-state index in [9.17, 15) is 9.18 Å². The first-order valence-electron chi connectivity index (χ1n) is 10.4. The molecule has 5 rings (SSSR count). The van der Waals surface area contributed by atoms with E-state index in [1.807, 2.05) is 65.6 Å². The molecule has 0 radical (unpaired) electrons. The van der Waals surface area contributed by atoms with Gasteiger partial charge in [-0.2, -0.15) is 0 Å². The van der Waals surface area contributed by atoms with Crippen LogP contribution in [0.25, 0.3) is 28.3 Å². The fourth-order valence-corrected chi connectivity index (χ4v) is 4.05. The van der Waals surface area contributed by atoms with Crippen molar-refractivity contribution < 1.29 is 13.6 Å². The Labute approximate surface area is 179 Å². The smallest absolute Gasteiger partial charge is 0.247 e. The maximum Gasteiger partial charge on any atom is 0.247 e. The Hall–Kier alpha value is -3.73. The molecule has 1 unspecified atom stereocenters. The van der Waals surface area contributed by atoms with Gasteiger partial charge in [0.1, 0.15) is 17.4 Å². The molecule has 1 saturated heterocycles. The summed E-state index contributed by atoms with van der Waals surface area (Å²) in [5.74, 6) is 0.224. The molecule has 0 bridgehead atoms. The van der Waals surface area contributed by atoms with Crippen molar-refractivity contribution in [3.8, 4) is 11.1 Å². The predicted octanol–water partition coefficient (Wildman–Crippen LogP) is 6.01. The summed E-state index contributed by atoms with van der Waals surface area (Å²) in [6, 6.07) is 21.7. The van der Waals surface area contributed by atoms with Crippen LogP contribution in [-0.4, -0.2) is 22.3 Å². The van der Waals surface area contributed by atoms with Gasteiger partial charge in [0.25, 0.3) is 0 Å². The van der Waals surface area contributed by atoms with Crippen molar-refractivity contribution in [1.29, 1.82) is 0 Å². The van der Waals surface area contributed by atoms with Crippen LogP contribution < -0.4 is 0 Å². The minimum absolute atomic E-state index is 0.0472. The number of carbonyl (C=O) groups is 1. The zero-order valence-electron chi connectivity index (χ0n) is 16.9. The maximum absolute atomic E-state index is 13.6. The normalized spacial score (nSPS) is 16.4. The largest absolute Gasteiger partial charge is 0.438 e. The van der Waals surface area contributed by atoms with Gasteiger partial charge >= 0.3 is 0 Å². The van der Waals surface area contributed by atoms with Crippen LogP contribution >= 0.6 is 0 Å². The molecule has 1 atom stereocenters. The molecule has 0 saturated carbocycles. The van der Waals surface area contributed by atoms with Crippen molar-refractivity contribution in [2.24, 2.45) is 0 Å². The van der Waals surface area contributed by atoms with Crippen molar-refractivity contribution in [1.82, 2.24) is 9.88 Å². The summed E-state index contributed by atoms with van der Waals surface area (Å²) in [4.78, 5) is 19.3. The Morgan fingerprint density at radius 3 is 2.71 bits per heavy atom. The number of halogens is 1. The number of hydrogen-bond donors (Lipinski definition) is 0. The van der Waals surface area contributed by atoms with Crippen molar-refractivity contribution >= 4 is 23.1 Å². The van der Waals surface area contributed by atoms with E-state index in [2.05, 4.69) is 4.98 Å². The zero-order chi connectivity index (χ0) is 21.2. The molecule has 3 aromatic carbocycles. The summed E-state index contributed by atoms with van der Waals surface area (Å²) in [6.07, 6.45) is 5.16. The lowest BCUT2D eigenvalue weighted by Gasteiger charge is -2.20. The second kappa shape index (κ2) is 8.19. The van der Waals surface area contributed by atoms with E-state index in [-0.39, 0.29) is 17.8 Å². The lowest BCUT2D eigenvalue weighted by atomic mass is 10.1. The molecule has 31 heavy (non-hydrogen) atoms. The molecule has 5 heteroatoms. The summed E-state index contributed by atoms with van der Waals surface area (Å²) < 4.78 is 19.6. The van der Waals surface area contributed by atoms with Crippen molar-refractivity contribution in [2.45, 2.75) is 18.9 Å². The van der Waals surface area contributed by atoms with E-state index in [1.54, 1.807) is 12.1 Å². The fourth-order valence-electron chi connectivity index (χ4n) is 4.05. The average Bonchev–Trinajstić information content (AvgIpc) is 3.44. The van der Waals surface area contributed by atoms with Gasteiger partial charge in [-0.25, -0.2) is 9.37 Å². The van der Waals surface area contributed by atoms with Crippen LogP contribution in [0.4, 0.5) is 4.39 Å². The molecule has 1 aromatic heterocycles. The van der Waals surface area contributed by atoms with E-state index in [4.69, 9.17) is 4.42 Å².